The third-order valence-electron chi connectivity index (χ3n) is 5.91. The van der Waals surface area contributed by atoms with Crippen molar-refractivity contribution >= 4 is 22.5 Å². The average Bonchev–Trinajstić information content (AvgIpc) is 3.49. The Morgan fingerprint density at radius 3 is 2.67 bits per heavy atom. The summed E-state index contributed by atoms with van der Waals surface area (Å²) < 4.78 is 7.41. The number of nitrogen functional groups attached to an aromatic ring is 1. The number of hydrogen-bond donors (Lipinski definition) is 2. The third kappa shape index (κ3) is 4.04. The fourth-order valence-corrected chi connectivity index (χ4v) is 4.14. The van der Waals surface area contributed by atoms with Gasteiger partial charge in [0, 0.05) is 10.9 Å². The van der Waals surface area contributed by atoms with Crippen LogP contribution in [-0.4, -0.2) is 20.5 Å². The molecule has 3 aromatic carbocycles. The number of benzene rings is 3. The zero-order valence-electron chi connectivity index (χ0n) is 19.3. The first-order valence-corrected chi connectivity index (χ1v) is 11.1. The number of carbonyl (C=O) groups excluding carboxylic acids is 1. The van der Waals surface area contributed by atoms with Gasteiger partial charge in [0.25, 0.3) is 0 Å². The van der Waals surface area contributed by atoms with Crippen molar-refractivity contribution in [1.82, 2.24) is 14.8 Å². The zero-order valence-corrected chi connectivity index (χ0v) is 19.3. The number of H-pyrrole nitrogens is 1. The molecule has 0 unspecified atom stereocenters. The second kappa shape index (κ2) is 9.13. The molecule has 0 aliphatic rings. The summed E-state index contributed by atoms with van der Waals surface area (Å²) in [6.07, 6.45) is 1.71. The minimum Gasteiger partial charge on any atom is -0.457 e. The molecule has 0 spiro atoms. The molecule has 0 bridgehead atoms. The summed E-state index contributed by atoms with van der Waals surface area (Å²) in [7, 11) is 0. The number of hydrogen-bond acceptors (Lipinski definition) is 6. The summed E-state index contributed by atoms with van der Waals surface area (Å²) in [6.45, 7) is 1.89. The Morgan fingerprint density at radius 1 is 1.08 bits per heavy atom. The maximum atomic E-state index is 13.3. The number of aromatic amines is 1. The van der Waals surface area contributed by atoms with Gasteiger partial charge >= 0.3 is 0 Å². The van der Waals surface area contributed by atoms with E-state index in [1.54, 1.807) is 36.4 Å². The zero-order chi connectivity index (χ0) is 25.2. The number of rotatable bonds is 6. The highest BCUT2D eigenvalue weighted by atomic mass is 16.5. The van der Waals surface area contributed by atoms with Crippen LogP contribution in [-0.2, 0) is 6.42 Å². The van der Waals surface area contributed by atoms with Gasteiger partial charge in [-0.3, -0.25) is 4.79 Å². The summed E-state index contributed by atoms with van der Waals surface area (Å²) in [6, 6.07) is 23.9. The molecule has 0 saturated carbocycles. The summed E-state index contributed by atoms with van der Waals surface area (Å²) in [5.41, 5.74) is 10.7. The number of nitrogens with one attached hydrogen (secondary N) is 1. The van der Waals surface area contributed by atoms with Crippen LogP contribution >= 0.6 is 0 Å². The van der Waals surface area contributed by atoms with E-state index in [4.69, 9.17) is 21.0 Å². The predicted molar refractivity (Wildman–Crippen MR) is 135 cm³/mol. The van der Waals surface area contributed by atoms with Crippen molar-refractivity contribution in [2.45, 2.75) is 13.3 Å². The number of nitrogens with zero attached hydrogens (tertiary/aromatic N) is 4. The Balaban J connectivity index is 1.43. The van der Waals surface area contributed by atoms with Crippen LogP contribution in [0.4, 0.5) is 5.82 Å². The maximum absolute atomic E-state index is 13.3. The van der Waals surface area contributed by atoms with Crippen molar-refractivity contribution in [2.24, 2.45) is 0 Å². The molecule has 36 heavy (non-hydrogen) atoms. The number of aryl methyl sites for hydroxylation is 1. The van der Waals surface area contributed by atoms with Crippen LogP contribution in [0.5, 0.6) is 11.5 Å². The van der Waals surface area contributed by atoms with Crippen molar-refractivity contribution in [3.8, 4) is 29.3 Å². The summed E-state index contributed by atoms with van der Waals surface area (Å²) >= 11 is 0. The molecule has 2 aromatic heterocycles. The fraction of sp³-hybridized carbons (Fsp3) is 0.0714. The van der Waals surface area contributed by atoms with Gasteiger partial charge in [-0.1, -0.05) is 18.2 Å². The van der Waals surface area contributed by atoms with Gasteiger partial charge in [0.15, 0.2) is 0 Å². The Morgan fingerprint density at radius 2 is 1.89 bits per heavy atom. The van der Waals surface area contributed by atoms with Crippen molar-refractivity contribution in [2.75, 3.05) is 5.73 Å². The fourth-order valence-electron chi connectivity index (χ4n) is 4.14. The number of fused-ring (bicyclic) bond motifs is 1. The lowest BCUT2D eigenvalue weighted by Gasteiger charge is -2.11. The first-order chi connectivity index (χ1) is 17.5. The second-order valence-electron chi connectivity index (χ2n) is 8.27. The van der Waals surface area contributed by atoms with Gasteiger partial charge in [-0.05, 0) is 66.6 Å². The lowest BCUT2D eigenvalue weighted by Crippen LogP contribution is -2.08. The number of nitriles is 2. The molecule has 2 heterocycles. The number of aromatic nitrogens is 3. The van der Waals surface area contributed by atoms with Gasteiger partial charge in [0.2, 0.25) is 5.78 Å². The van der Waals surface area contributed by atoms with E-state index in [1.165, 1.54) is 10.9 Å². The van der Waals surface area contributed by atoms with Gasteiger partial charge in [0.05, 0.1) is 47.3 Å². The first kappa shape index (κ1) is 22.5. The number of carbonyl (C=O) groups is 1. The standard InChI is InChI=1S/C28H20N6O2/c1-17-12-21(36-20-6-2-4-18(13-20)15-30)8-9-26(17)34-28(31)23(16-32-34)27(35)25-14-22-19(10-11-29)5-3-7-24(22)33-25/h2-9,12-14,16,33H,10,31H2,1H3. The van der Waals surface area contributed by atoms with E-state index in [9.17, 15) is 4.79 Å². The summed E-state index contributed by atoms with van der Waals surface area (Å²) in [4.78, 5) is 16.4. The molecule has 8 nitrogen and oxygen atoms in total. The summed E-state index contributed by atoms with van der Waals surface area (Å²) in [5, 5.41) is 23.4. The van der Waals surface area contributed by atoms with Gasteiger partial charge in [-0.25, -0.2) is 4.68 Å². The SMILES string of the molecule is Cc1cc(Oc2cccc(C#N)c2)ccc1-n1ncc(C(=O)c2cc3c(CC#N)cccc3[nH]2)c1N. The largest absolute Gasteiger partial charge is 0.457 e. The Hall–Kier alpha value is -5.34. The van der Waals surface area contributed by atoms with Crippen LogP contribution in [0.1, 0.15) is 32.7 Å². The average molecular weight is 473 g/mol. The molecule has 0 aliphatic heterocycles. The second-order valence-corrected chi connectivity index (χ2v) is 8.27. The molecule has 3 N–H and O–H groups in total. The van der Waals surface area contributed by atoms with E-state index in [0.717, 1.165) is 22.0 Å². The van der Waals surface area contributed by atoms with Crippen LogP contribution < -0.4 is 10.5 Å². The molecular weight excluding hydrogens is 452 g/mol. The molecule has 174 valence electrons. The molecular formula is C28H20N6O2. The highest BCUT2D eigenvalue weighted by Gasteiger charge is 2.21. The van der Waals surface area contributed by atoms with E-state index in [2.05, 4.69) is 22.2 Å². The van der Waals surface area contributed by atoms with Crippen molar-refractivity contribution in [1.29, 1.82) is 10.5 Å². The number of ether oxygens (including phenoxy) is 1. The predicted octanol–water partition coefficient (Wildman–Crippen LogP) is 5.21. The Kier molecular flexibility index (Phi) is 5.69. The van der Waals surface area contributed by atoms with Gasteiger partial charge in [-0.2, -0.15) is 15.6 Å². The van der Waals surface area contributed by atoms with Gasteiger partial charge < -0.3 is 15.5 Å². The molecule has 0 saturated heterocycles. The number of ketones is 1. The normalized spacial score (nSPS) is 10.6. The maximum Gasteiger partial charge on any atom is 0.214 e. The van der Waals surface area contributed by atoms with Gasteiger partial charge in [0.1, 0.15) is 17.3 Å². The molecule has 0 fully saturated rings. The van der Waals surface area contributed by atoms with E-state index in [1.807, 2.05) is 37.3 Å². The minimum absolute atomic E-state index is 0.217. The van der Waals surface area contributed by atoms with Crippen LogP contribution in [0.2, 0.25) is 0 Å². The Labute approximate surface area is 206 Å². The van der Waals surface area contributed by atoms with Crippen LogP contribution in [0, 0.1) is 29.6 Å². The highest BCUT2D eigenvalue weighted by molar-refractivity contribution is 6.12. The minimum atomic E-state index is -0.284. The van der Waals surface area contributed by atoms with Crippen LogP contribution in [0.25, 0.3) is 16.6 Å². The molecule has 5 aromatic rings. The smallest absolute Gasteiger partial charge is 0.214 e. The van der Waals surface area contributed by atoms with Crippen molar-refractivity contribution < 1.29 is 9.53 Å². The molecule has 0 radical (unpaired) electrons. The van der Waals surface area contributed by atoms with E-state index >= 15 is 0 Å². The Bertz CT molecular complexity index is 1710. The van der Waals surface area contributed by atoms with E-state index in [0.29, 0.717) is 28.4 Å². The van der Waals surface area contributed by atoms with Crippen molar-refractivity contribution in [3.63, 3.8) is 0 Å². The quantitative estimate of drug-likeness (QED) is 0.326. The monoisotopic (exact) mass is 472 g/mol. The van der Waals surface area contributed by atoms with Gasteiger partial charge in [-0.15, -0.1) is 0 Å². The highest BCUT2D eigenvalue weighted by Crippen LogP contribution is 2.29. The van der Waals surface area contributed by atoms with Crippen LogP contribution in [0.3, 0.4) is 0 Å². The van der Waals surface area contributed by atoms with Crippen molar-refractivity contribution in [3.05, 3.63) is 101 Å². The van der Waals surface area contributed by atoms with Crippen LogP contribution in [0.15, 0.2) is 72.9 Å². The van der Waals surface area contributed by atoms with E-state index < -0.39 is 0 Å². The molecule has 8 heteroatoms. The topological polar surface area (TPSA) is 134 Å². The first-order valence-electron chi connectivity index (χ1n) is 11.1. The number of anilines is 1. The third-order valence-corrected chi connectivity index (χ3v) is 5.91. The van der Waals surface area contributed by atoms with E-state index in [-0.39, 0.29) is 23.6 Å². The summed E-state index contributed by atoms with van der Waals surface area (Å²) in [5.74, 6) is 1.09. The lowest BCUT2D eigenvalue weighted by atomic mass is 10.1. The molecule has 0 amide bonds. The number of nitrogens with two attached hydrogens (primary N) is 1. The molecule has 5 rings (SSSR count). The molecule has 0 aliphatic carbocycles. The lowest BCUT2D eigenvalue weighted by molar-refractivity contribution is 0.103. The molecule has 0 atom stereocenters.